The van der Waals surface area contributed by atoms with Crippen LogP contribution >= 0.6 is 11.3 Å². The van der Waals surface area contributed by atoms with Gasteiger partial charge in [-0.25, -0.2) is 0 Å². The first-order valence-corrected chi connectivity index (χ1v) is 11.9. The van der Waals surface area contributed by atoms with E-state index in [-0.39, 0.29) is 0 Å². The van der Waals surface area contributed by atoms with Crippen LogP contribution in [-0.2, 0) is 0 Å². The van der Waals surface area contributed by atoms with E-state index in [1.165, 1.54) is 42.0 Å². The molecule has 2 nitrogen and oxygen atoms in total. The van der Waals surface area contributed by atoms with E-state index in [1.54, 1.807) is 0 Å². The monoisotopic (exact) mass is 442 g/mol. The summed E-state index contributed by atoms with van der Waals surface area (Å²) in [7, 11) is 0. The molecule has 0 saturated carbocycles. The van der Waals surface area contributed by atoms with Gasteiger partial charge in [-0.15, -0.1) is 11.3 Å². The molecule has 33 heavy (non-hydrogen) atoms. The zero-order chi connectivity index (χ0) is 22.4. The first-order valence-electron chi connectivity index (χ1n) is 11.1. The predicted octanol–water partition coefficient (Wildman–Crippen LogP) is 8.83. The van der Waals surface area contributed by atoms with Crippen LogP contribution in [0.4, 0.5) is 0 Å². The average Bonchev–Trinajstić information content (AvgIpc) is 3.39. The fraction of sp³-hybridized carbons (Fsp3) is 0.0333. The highest BCUT2D eigenvalue weighted by Crippen LogP contribution is 2.43. The Hall–Kier alpha value is -3.95. The average molecular weight is 443 g/mol. The third kappa shape index (κ3) is 3.05. The van der Waals surface area contributed by atoms with E-state index in [0.717, 1.165) is 17.0 Å². The summed E-state index contributed by atoms with van der Waals surface area (Å²) in [4.78, 5) is 4.58. The summed E-state index contributed by atoms with van der Waals surface area (Å²) in [6, 6.07) is 26.0. The molecule has 0 aliphatic carbocycles. The Bertz CT molecular complexity index is 1730. The minimum absolute atomic E-state index is 0.984. The molecule has 0 saturated heterocycles. The fourth-order valence-electron chi connectivity index (χ4n) is 4.77. The van der Waals surface area contributed by atoms with Gasteiger partial charge in [-0.1, -0.05) is 55.1 Å². The van der Waals surface area contributed by atoms with E-state index >= 15 is 0 Å². The Balaban J connectivity index is 1.82. The van der Waals surface area contributed by atoms with Crippen molar-refractivity contribution in [2.45, 2.75) is 6.92 Å². The third-order valence-electron chi connectivity index (χ3n) is 6.11. The van der Waals surface area contributed by atoms with Crippen molar-refractivity contribution in [2.24, 2.45) is 0 Å². The third-order valence-corrected chi connectivity index (χ3v) is 7.25. The molecular weight excluding hydrogens is 420 g/mol. The first kappa shape index (κ1) is 19.7. The molecule has 0 amide bonds. The first-order chi connectivity index (χ1) is 16.3. The molecular formula is C30H22N2S. The van der Waals surface area contributed by atoms with E-state index in [0.29, 0.717) is 0 Å². The molecule has 0 aliphatic heterocycles. The van der Waals surface area contributed by atoms with E-state index in [1.807, 2.05) is 35.7 Å². The highest BCUT2D eigenvalue weighted by Gasteiger charge is 2.18. The van der Waals surface area contributed by atoms with Gasteiger partial charge in [0.1, 0.15) is 0 Å². The van der Waals surface area contributed by atoms with E-state index in [4.69, 9.17) is 0 Å². The van der Waals surface area contributed by atoms with Crippen LogP contribution in [0.3, 0.4) is 0 Å². The summed E-state index contributed by atoms with van der Waals surface area (Å²) in [5, 5.41) is 5.08. The van der Waals surface area contributed by atoms with Gasteiger partial charge in [-0.3, -0.25) is 4.98 Å². The van der Waals surface area contributed by atoms with Gasteiger partial charge in [0.25, 0.3) is 0 Å². The fourth-order valence-corrected chi connectivity index (χ4v) is 5.88. The van der Waals surface area contributed by atoms with Crippen molar-refractivity contribution in [1.29, 1.82) is 0 Å². The summed E-state index contributed by atoms with van der Waals surface area (Å²) < 4.78 is 5.00. The molecule has 0 unspecified atom stereocenters. The lowest BCUT2D eigenvalue weighted by Crippen LogP contribution is -1.95. The van der Waals surface area contributed by atoms with Gasteiger partial charge >= 0.3 is 0 Å². The minimum Gasteiger partial charge on any atom is -0.309 e. The lowest BCUT2D eigenvalue weighted by atomic mass is 10.0. The number of hydrogen-bond donors (Lipinski definition) is 0. The zero-order valence-corrected chi connectivity index (χ0v) is 19.1. The molecule has 158 valence electrons. The normalized spacial score (nSPS) is 12.6. The summed E-state index contributed by atoms with van der Waals surface area (Å²) in [5.41, 5.74) is 5.62. The molecule has 0 N–H and O–H groups in total. The lowest BCUT2D eigenvalue weighted by molar-refractivity contribution is 1.24. The molecule has 0 radical (unpaired) electrons. The number of nitrogens with zero attached hydrogens (tertiary/aromatic N) is 2. The highest BCUT2D eigenvalue weighted by atomic mass is 32.1. The Labute approximate surface area is 196 Å². The van der Waals surface area contributed by atoms with Crippen LogP contribution in [-0.4, -0.2) is 9.55 Å². The topological polar surface area (TPSA) is 17.8 Å². The van der Waals surface area contributed by atoms with Crippen LogP contribution in [0.1, 0.15) is 6.92 Å². The van der Waals surface area contributed by atoms with Crippen LogP contribution in [0, 0.1) is 0 Å². The number of thiophene rings is 1. The second kappa shape index (κ2) is 7.88. The number of fused-ring (bicyclic) bond motifs is 7. The van der Waals surface area contributed by atoms with Gasteiger partial charge in [0.15, 0.2) is 0 Å². The van der Waals surface area contributed by atoms with Gasteiger partial charge in [-0.2, -0.15) is 0 Å². The molecule has 0 aliphatic rings. The van der Waals surface area contributed by atoms with Crippen molar-refractivity contribution in [3.63, 3.8) is 0 Å². The molecule has 3 aromatic heterocycles. The zero-order valence-electron chi connectivity index (χ0n) is 18.3. The SMILES string of the molecule is C=C/C=C(\C=C/C)n1c2ccc(-c3ccccn3)cc2c2ccc3sc4ccccc4c3c21. The molecule has 6 rings (SSSR count). The lowest BCUT2D eigenvalue weighted by Gasteiger charge is -2.10. The van der Waals surface area contributed by atoms with Gasteiger partial charge in [0.2, 0.25) is 0 Å². The number of pyridine rings is 1. The van der Waals surface area contributed by atoms with Gasteiger partial charge in [-0.05, 0) is 55.5 Å². The van der Waals surface area contributed by atoms with Crippen LogP contribution < -0.4 is 0 Å². The van der Waals surface area contributed by atoms with Crippen molar-refractivity contribution in [3.8, 4) is 11.3 Å². The molecule has 0 atom stereocenters. The van der Waals surface area contributed by atoms with E-state index < -0.39 is 0 Å². The largest absolute Gasteiger partial charge is 0.309 e. The molecule has 0 bridgehead atoms. The molecule has 0 fully saturated rings. The van der Waals surface area contributed by atoms with Crippen molar-refractivity contribution in [2.75, 3.05) is 0 Å². The van der Waals surface area contributed by atoms with Crippen molar-refractivity contribution in [1.82, 2.24) is 9.55 Å². The van der Waals surface area contributed by atoms with Crippen molar-refractivity contribution in [3.05, 3.63) is 110 Å². The maximum absolute atomic E-state index is 4.58. The smallest absolute Gasteiger partial charge is 0.0702 e. The molecule has 0 spiro atoms. The molecule has 3 heteroatoms. The Morgan fingerprint density at radius 3 is 2.61 bits per heavy atom. The van der Waals surface area contributed by atoms with Crippen LogP contribution in [0.5, 0.6) is 0 Å². The number of rotatable bonds is 4. The number of hydrogen-bond acceptors (Lipinski definition) is 2. The molecule has 6 aromatic rings. The number of benzene rings is 3. The van der Waals surface area contributed by atoms with Gasteiger partial charge in [0.05, 0.1) is 16.7 Å². The predicted molar refractivity (Wildman–Crippen MR) is 145 cm³/mol. The van der Waals surface area contributed by atoms with Crippen molar-refractivity contribution < 1.29 is 0 Å². The molecule has 3 heterocycles. The van der Waals surface area contributed by atoms with E-state index in [9.17, 15) is 0 Å². The quantitative estimate of drug-likeness (QED) is 0.249. The molecule has 3 aromatic carbocycles. The van der Waals surface area contributed by atoms with Gasteiger partial charge in [0, 0.05) is 48.4 Å². The van der Waals surface area contributed by atoms with Crippen molar-refractivity contribution >= 4 is 59.0 Å². The Morgan fingerprint density at radius 2 is 1.79 bits per heavy atom. The summed E-state index contributed by atoms with van der Waals surface area (Å²) in [5.74, 6) is 0. The maximum atomic E-state index is 4.58. The van der Waals surface area contributed by atoms with E-state index in [2.05, 4.69) is 102 Å². The van der Waals surface area contributed by atoms with Crippen LogP contribution in [0.2, 0.25) is 0 Å². The number of allylic oxidation sites excluding steroid dienone is 5. The number of aromatic nitrogens is 2. The Morgan fingerprint density at radius 1 is 0.909 bits per heavy atom. The standard InChI is InChI=1S/C30H22N2S/c1-3-9-21(10-4-2)32-26-16-14-20(25-12-7-8-18-31-25)19-24(26)22-15-17-28-29(30(22)32)23-11-5-6-13-27(23)33-28/h3-19H,1H2,2H3/b10-4-,21-9+. The van der Waals surface area contributed by atoms with Gasteiger partial charge < -0.3 is 4.57 Å². The summed E-state index contributed by atoms with van der Waals surface area (Å²) in [6.45, 7) is 6.03. The summed E-state index contributed by atoms with van der Waals surface area (Å²) in [6.07, 6.45) is 10.0. The van der Waals surface area contributed by atoms with Crippen LogP contribution in [0.15, 0.2) is 110 Å². The second-order valence-corrected chi connectivity index (χ2v) is 9.13. The second-order valence-electron chi connectivity index (χ2n) is 8.04. The van der Waals surface area contributed by atoms with Crippen LogP contribution in [0.25, 0.3) is 58.9 Å². The minimum atomic E-state index is 0.984. The highest BCUT2D eigenvalue weighted by molar-refractivity contribution is 7.26. The Kier molecular flexibility index (Phi) is 4.70. The summed E-state index contributed by atoms with van der Waals surface area (Å²) >= 11 is 1.85. The maximum Gasteiger partial charge on any atom is 0.0702 e.